The molecule has 0 amide bonds. The summed E-state index contributed by atoms with van der Waals surface area (Å²) in [5.74, 6) is 0. The summed E-state index contributed by atoms with van der Waals surface area (Å²) in [4.78, 5) is 0. The van der Waals surface area contributed by atoms with Gasteiger partial charge in [-0.1, -0.05) is 0 Å². The van der Waals surface area contributed by atoms with Crippen molar-refractivity contribution in [2.45, 2.75) is 32.3 Å². The maximum Gasteiger partial charge on any atom is 2.00 e. The van der Waals surface area contributed by atoms with Gasteiger partial charge in [0.05, 0.1) is 32.3 Å². The Morgan fingerprint density at radius 1 is 0.632 bits per heavy atom. The molecule has 1 fully saturated rings. The second-order valence-electron chi connectivity index (χ2n) is 3.07. The zero-order valence-electron chi connectivity index (χ0n) is 8.59. The molecule has 19 heavy (non-hydrogen) atoms. The first-order valence-corrected chi connectivity index (χ1v) is 7.93. The topological polar surface area (TPSA) is 112 Å². The van der Waals surface area contributed by atoms with Gasteiger partial charge in [0, 0.05) is 10.4 Å². The first kappa shape index (κ1) is 26.0. The van der Waals surface area contributed by atoms with E-state index in [1.807, 2.05) is 0 Å². The molecule has 0 spiro atoms. The molecule has 1 aliphatic carbocycles. The van der Waals surface area contributed by atoms with Crippen molar-refractivity contribution in [1.82, 2.24) is 0 Å². The van der Waals surface area contributed by atoms with Crippen LogP contribution in [0.5, 0.6) is 0 Å². The monoisotopic (exact) mass is 460 g/mol. The van der Waals surface area contributed by atoms with Crippen LogP contribution in [0, 0.1) is 0 Å². The van der Waals surface area contributed by atoms with Crippen molar-refractivity contribution >= 4 is 80.0 Å². The Labute approximate surface area is 151 Å². The number of hydrogen-bond donors (Lipinski definition) is 0. The Bertz CT molecular complexity index is 278. The van der Waals surface area contributed by atoms with Crippen LogP contribution in [0.3, 0.4) is 0 Å². The molecule has 1 saturated carbocycles. The summed E-state index contributed by atoms with van der Waals surface area (Å²) in [5, 5.41) is -2.62. The predicted octanol–water partition coefficient (Wildman–Crippen LogP) is 1.48. The largest absolute Gasteiger partial charge is 2.00 e. The summed E-state index contributed by atoms with van der Waals surface area (Å²) in [6.07, 6.45) is 0. The Morgan fingerprint density at radius 2 is 0.684 bits per heavy atom. The summed E-state index contributed by atoms with van der Waals surface area (Å²) >= 11 is 35.3. The van der Waals surface area contributed by atoms with Gasteiger partial charge in [-0.15, -0.1) is 69.6 Å². The van der Waals surface area contributed by atoms with Crippen LogP contribution in [-0.4, -0.2) is 55.3 Å². The second kappa shape index (κ2) is 10.7. The molecule has 0 unspecified atom stereocenters. The van der Waals surface area contributed by atoms with E-state index >= 15 is 0 Å². The number of halogens is 6. The van der Waals surface area contributed by atoms with Gasteiger partial charge in [0.25, 0.3) is 0 Å². The molecular formula is C6H8Cl6NiO5S. The summed E-state index contributed by atoms with van der Waals surface area (Å²) < 4.78 is 34.1. The van der Waals surface area contributed by atoms with Crippen molar-refractivity contribution in [1.29, 1.82) is 0 Å². The van der Waals surface area contributed by atoms with E-state index in [0.29, 0.717) is 0 Å². The van der Waals surface area contributed by atoms with Crippen LogP contribution in [-0.2, 0) is 26.9 Å². The van der Waals surface area contributed by atoms with E-state index in [0.717, 1.165) is 0 Å². The molecule has 0 aromatic rings. The summed E-state index contributed by atoms with van der Waals surface area (Å²) in [6, 6.07) is 0. The average Bonchev–Trinajstić information content (AvgIpc) is 2.18. The standard InChI is InChI=1S/C6H6Cl6.Ni.H2O4S.H2O/c7-1-2(8)4(10)6(12)5(11)3(1)9;;1-5(2,3)4;/h1-6H;;(H2,1,2,3,4);1H2/q;+2;;/p-2. The molecule has 0 aromatic heterocycles. The van der Waals surface area contributed by atoms with Crippen LogP contribution in [0.1, 0.15) is 0 Å². The molecule has 0 saturated heterocycles. The van der Waals surface area contributed by atoms with E-state index in [1.54, 1.807) is 0 Å². The summed E-state index contributed by atoms with van der Waals surface area (Å²) in [7, 11) is -5.17. The van der Waals surface area contributed by atoms with Crippen LogP contribution in [0.25, 0.3) is 0 Å². The van der Waals surface area contributed by atoms with Crippen LogP contribution in [0.15, 0.2) is 0 Å². The minimum Gasteiger partial charge on any atom is -0.759 e. The van der Waals surface area contributed by atoms with Crippen molar-refractivity contribution in [3.05, 3.63) is 0 Å². The Hall–Kier alpha value is 2.06. The van der Waals surface area contributed by atoms with Gasteiger partial charge in [-0.2, -0.15) is 0 Å². The molecule has 0 atom stereocenters. The maximum absolute atomic E-state index is 8.52. The van der Waals surface area contributed by atoms with Gasteiger partial charge < -0.3 is 14.6 Å². The third kappa shape index (κ3) is 9.64. The minimum absolute atomic E-state index is 0. The zero-order valence-corrected chi connectivity index (χ0v) is 14.9. The third-order valence-electron chi connectivity index (χ3n) is 1.83. The van der Waals surface area contributed by atoms with Gasteiger partial charge >= 0.3 is 16.5 Å². The molecular weight excluding hydrogens is 456 g/mol. The SMILES string of the molecule is ClC1C(Cl)C(Cl)C(Cl)C(Cl)C1Cl.O.O=S(=O)([O-])[O-].[Ni+2]. The quantitative estimate of drug-likeness (QED) is 0.234. The molecule has 5 nitrogen and oxygen atoms in total. The van der Waals surface area contributed by atoms with Gasteiger partial charge in [-0.3, -0.25) is 8.42 Å². The second-order valence-corrected chi connectivity index (χ2v) is 6.92. The van der Waals surface area contributed by atoms with Gasteiger partial charge in [-0.05, 0) is 0 Å². The fraction of sp³-hybridized carbons (Fsp3) is 1.00. The van der Waals surface area contributed by atoms with E-state index in [-0.39, 0.29) is 22.0 Å². The molecule has 0 aliphatic heterocycles. The van der Waals surface area contributed by atoms with Crippen molar-refractivity contribution in [2.24, 2.45) is 0 Å². The van der Waals surface area contributed by atoms with Crippen LogP contribution >= 0.6 is 69.6 Å². The normalized spacial score (nSPS) is 38.1. The summed E-state index contributed by atoms with van der Waals surface area (Å²) in [6.45, 7) is 0. The van der Waals surface area contributed by atoms with E-state index in [1.165, 1.54) is 0 Å². The Balaban J connectivity index is -0.000000320. The average molecular weight is 464 g/mol. The van der Waals surface area contributed by atoms with E-state index in [2.05, 4.69) is 0 Å². The smallest absolute Gasteiger partial charge is 0.759 e. The summed E-state index contributed by atoms with van der Waals surface area (Å²) in [5.41, 5.74) is 0. The molecule has 13 heteroatoms. The molecule has 0 radical (unpaired) electrons. The number of hydrogen-bond acceptors (Lipinski definition) is 4. The van der Waals surface area contributed by atoms with Crippen molar-refractivity contribution in [3.63, 3.8) is 0 Å². The van der Waals surface area contributed by atoms with Gasteiger partial charge in [0.1, 0.15) is 0 Å². The molecule has 1 aliphatic rings. The third-order valence-corrected chi connectivity index (χ3v) is 5.86. The van der Waals surface area contributed by atoms with Crippen molar-refractivity contribution < 1.29 is 39.5 Å². The van der Waals surface area contributed by atoms with Crippen LogP contribution < -0.4 is 0 Å². The van der Waals surface area contributed by atoms with E-state index in [9.17, 15) is 0 Å². The molecule has 2 N–H and O–H groups in total. The molecule has 0 bridgehead atoms. The fourth-order valence-corrected chi connectivity index (χ4v) is 3.38. The Morgan fingerprint density at radius 3 is 0.737 bits per heavy atom. The maximum atomic E-state index is 8.52. The van der Waals surface area contributed by atoms with Crippen LogP contribution in [0.2, 0.25) is 0 Å². The predicted molar refractivity (Wildman–Crippen MR) is 71.9 cm³/mol. The van der Waals surface area contributed by atoms with Gasteiger partial charge in [-0.25, -0.2) is 0 Å². The van der Waals surface area contributed by atoms with Crippen molar-refractivity contribution in [2.75, 3.05) is 0 Å². The first-order chi connectivity index (χ1) is 7.46. The van der Waals surface area contributed by atoms with Crippen LogP contribution in [0.4, 0.5) is 0 Å². The van der Waals surface area contributed by atoms with Gasteiger partial charge in [0.2, 0.25) is 0 Å². The molecule has 0 heterocycles. The molecule has 1 rings (SSSR count). The number of alkyl halides is 6. The zero-order chi connectivity index (χ0) is 14.0. The number of rotatable bonds is 0. The molecule has 0 aromatic carbocycles. The Kier molecular flexibility index (Phi) is 14.7. The van der Waals surface area contributed by atoms with E-state index < -0.39 is 42.7 Å². The minimum atomic E-state index is -5.17. The fourth-order valence-electron chi connectivity index (χ4n) is 1.05. The first-order valence-electron chi connectivity index (χ1n) is 3.98. The molecule has 120 valence electrons. The van der Waals surface area contributed by atoms with Crippen molar-refractivity contribution in [3.8, 4) is 0 Å². The van der Waals surface area contributed by atoms with E-state index in [4.69, 9.17) is 87.1 Å². The van der Waals surface area contributed by atoms with Gasteiger partial charge in [0.15, 0.2) is 0 Å².